The summed E-state index contributed by atoms with van der Waals surface area (Å²) in [4.78, 5) is 15.6. The second kappa shape index (κ2) is 6.32. The topological polar surface area (TPSA) is 71.7 Å². The maximum Gasteiger partial charge on any atom is 0.252 e. The molecule has 1 aromatic rings. The first-order chi connectivity index (χ1) is 9.47. The fourth-order valence-corrected chi connectivity index (χ4v) is 2.04. The Morgan fingerprint density at radius 3 is 2.80 bits per heavy atom. The highest BCUT2D eigenvalue weighted by Crippen LogP contribution is 2.15. The molecule has 2 heterocycles. The van der Waals surface area contributed by atoms with E-state index in [0.29, 0.717) is 31.5 Å². The van der Waals surface area contributed by atoms with Crippen molar-refractivity contribution in [3.63, 3.8) is 0 Å². The lowest BCUT2D eigenvalue weighted by Crippen LogP contribution is -2.49. The Bertz CT molecular complexity index is 458. The molecule has 0 radical (unpaired) electrons. The van der Waals surface area contributed by atoms with E-state index in [-0.39, 0.29) is 11.8 Å². The second-order valence-electron chi connectivity index (χ2n) is 5.52. The average Bonchev–Trinajstić information content (AvgIpc) is 2.86. The van der Waals surface area contributed by atoms with E-state index in [1.54, 1.807) is 19.0 Å². The largest absolute Gasteiger partial charge is 0.424 e. The van der Waals surface area contributed by atoms with E-state index in [1.807, 2.05) is 13.8 Å². The number of nitrogens with zero attached hydrogens (tertiary/aromatic N) is 4. The van der Waals surface area contributed by atoms with E-state index in [1.165, 1.54) is 0 Å². The first-order valence-corrected chi connectivity index (χ1v) is 6.84. The van der Waals surface area contributed by atoms with Gasteiger partial charge >= 0.3 is 0 Å². The molecule has 1 saturated heterocycles. The van der Waals surface area contributed by atoms with Gasteiger partial charge < -0.3 is 14.1 Å². The van der Waals surface area contributed by atoms with E-state index < -0.39 is 6.10 Å². The summed E-state index contributed by atoms with van der Waals surface area (Å²) in [6, 6.07) is 0. The van der Waals surface area contributed by atoms with Crippen molar-refractivity contribution in [2.45, 2.75) is 32.4 Å². The SMILES string of the molecule is CC(C)c1nnc(CN2CCO[C@H](C(=O)N(C)C)C2)o1. The quantitative estimate of drug-likeness (QED) is 0.800. The van der Waals surface area contributed by atoms with Crippen LogP contribution in [0.15, 0.2) is 4.42 Å². The molecule has 0 N–H and O–H groups in total. The van der Waals surface area contributed by atoms with E-state index >= 15 is 0 Å². The molecule has 0 bridgehead atoms. The minimum absolute atomic E-state index is 0.0110. The molecular formula is C13H22N4O3. The fraction of sp³-hybridized carbons (Fsp3) is 0.769. The van der Waals surface area contributed by atoms with E-state index in [2.05, 4.69) is 15.1 Å². The van der Waals surface area contributed by atoms with Gasteiger partial charge in [-0.3, -0.25) is 9.69 Å². The highest BCUT2D eigenvalue weighted by molar-refractivity contribution is 5.80. The standard InChI is InChI=1S/C13H22N4O3/c1-9(2)12-15-14-11(20-12)8-17-5-6-19-10(7-17)13(18)16(3)4/h9-10H,5-8H2,1-4H3/t10-/m0/s1. The minimum atomic E-state index is -0.411. The van der Waals surface area contributed by atoms with Crippen molar-refractivity contribution < 1.29 is 13.9 Å². The van der Waals surface area contributed by atoms with Crippen LogP contribution in [0.5, 0.6) is 0 Å². The summed E-state index contributed by atoms with van der Waals surface area (Å²) in [6.07, 6.45) is -0.411. The number of aromatic nitrogens is 2. The van der Waals surface area contributed by atoms with Crippen LogP contribution in [0, 0.1) is 0 Å². The highest BCUT2D eigenvalue weighted by Gasteiger charge is 2.28. The van der Waals surface area contributed by atoms with Crippen LogP contribution in [-0.4, -0.2) is 65.8 Å². The molecular weight excluding hydrogens is 260 g/mol. The zero-order valence-corrected chi connectivity index (χ0v) is 12.5. The number of amides is 1. The summed E-state index contributed by atoms with van der Waals surface area (Å²) in [6.45, 7) is 6.43. The zero-order chi connectivity index (χ0) is 14.7. The fourth-order valence-electron chi connectivity index (χ4n) is 2.04. The van der Waals surface area contributed by atoms with Crippen molar-refractivity contribution in [2.75, 3.05) is 33.8 Å². The lowest BCUT2D eigenvalue weighted by atomic mass is 10.2. The maximum absolute atomic E-state index is 11.9. The third-order valence-electron chi connectivity index (χ3n) is 3.20. The Kier molecular flexibility index (Phi) is 4.72. The number of carbonyl (C=O) groups excluding carboxylic acids is 1. The molecule has 0 saturated carbocycles. The maximum atomic E-state index is 11.9. The van der Waals surface area contributed by atoms with Crippen LogP contribution >= 0.6 is 0 Å². The summed E-state index contributed by atoms with van der Waals surface area (Å²) < 4.78 is 11.1. The Balaban J connectivity index is 1.93. The lowest BCUT2D eigenvalue weighted by Gasteiger charge is -2.32. The molecule has 20 heavy (non-hydrogen) atoms. The molecule has 1 amide bonds. The molecule has 1 fully saturated rings. The van der Waals surface area contributed by atoms with Crippen LogP contribution in [0.25, 0.3) is 0 Å². The van der Waals surface area contributed by atoms with Crippen molar-refractivity contribution in [1.82, 2.24) is 20.0 Å². The van der Waals surface area contributed by atoms with E-state index in [4.69, 9.17) is 9.15 Å². The Morgan fingerprint density at radius 2 is 2.20 bits per heavy atom. The number of likely N-dealkylation sites (N-methyl/N-ethyl adjacent to an activating group) is 1. The first kappa shape index (κ1) is 14.9. The van der Waals surface area contributed by atoms with E-state index in [0.717, 1.165) is 6.54 Å². The van der Waals surface area contributed by atoms with Gasteiger partial charge in [0.25, 0.3) is 5.91 Å². The van der Waals surface area contributed by atoms with Gasteiger partial charge in [-0.2, -0.15) is 0 Å². The van der Waals surface area contributed by atoms with Crippen LogP contribution < -0.4 is 0 Å². The molecule has 7 heteroatoms. The first-order valence-electron chi connectivity index (χ1n) is 6.84. The summed E-state index contributed by atoms with van der Waals surface area (Å²) in [5.74, 6) is 1.45. The monoisotopic (exact) mass is 282 g/mol. The number of hydrogen-bond donors (Lipinski definition) is 0. The number of hydrogen-bond acceptors (Lipinski definition) is 6. The predicted molar refractivity (Wildman–Crippen MR) is 72.1 cm³/mol. The van der Waals surface area contributed by atoms with Crippen LogP contribution in [0.1, 0.15) is 31.5 Å². The molecule has 0 aromatic carbocycles. The number of ether oxygens (including phenoxy) is 1. The highest BCUT2D eigenvalue weighted by atomic mass is 16.5. The molecule has 0 aliphatic carbocycles. The minimum Gasteiger partial charge on any atom is -0.424 e. The number of rotatable bonds is 4. The van der Waals surface area contributed by atoms with Crippen molar-refractivity contribution in [2.24, 2.45) is 0 Å². The van der Waals surface area contributed by atoms with Gasteiger partial charge in [0.2, 0.25) is 11.8 Å². The number of morpholine rings is 1. The summed E-state index contributed by atoms with van der Waals surface area (Å²) in [5, 5.41) is 8.06. The number of carbonyl (C=O) groups is 1. The predicted octanol–water partition coefficient (Wildman–Crippen LogP) is 0.482. The molecule has 1 atom stereocenters. The normalized spacial score (nSPS) is 20.4. The van der Waals surface area contributed by atoms with Gasteiger partial charge in [0.1, 0.15) is 6.10 Å². The van der Waals surface area contributed by atoms with Crippen molar-refractivity contribution in [3.05, 3.63) is 11.8 Å². The van der Waals surface area contributed by atoms with E-state index in [9.17, 15) is 4.79 Å². The third-order valence-corrected chi connectivity index (χ3v) is 3.20. The summed E-state index contributed by atoms with van der Waals surface area (Å²) in [7, 11) is 3.47. The van der Waals surface area contributed by atoms with Crippen molar-refractivity contribution >= 4 is 5.91 Å². The van der Waals surface area contributed by atoms with Gasteiger partial charge in [0.05, 0.1) is 13.2 Å². The molecule has 1 aliphatic heterocycles. The molecule has 1 aliphatic rings. The molecule has 0 spiro atoms. The average molecular weight is 282 g/mol. The van der Waals surface area contributed by atoms with Gasteiger partial charge in [0, 0.05) is 33.1 Å². The molecule has 7 nitrogen and oxygen atoms in total. The summed E-state index contributed by atoms with van der Waals surface area (Å²) in [5.41, 5.74) is 0. The van der Waals surface area contributed by atoms with Gasteiger partial charge in [-0.05, 0) is 0 Å². The van der Waals surface area contributed by atoms with Gasteiger partial charge in [-0.15, -0.1) is 10.2 Å². The van der Waals surface area contributed by atoms with Crippen LogP contribution in [-0.2, 0) is 16.1 Å². The van der Waals surface area contributed by atoms with Crippen LogP contribution in [0.4, 0.5) is 0 Å². The third kappa shape index (κ3) is 3.55. The second-order valence-corrected chi connectivity index (χ2v) is 5.52. The lowest BCUT2D eigenvalue weighted by molar-refractivity contribution is -0.147. The van der Waals surface area contributed by atoms with Crippen molar-refractivity contribution in [3.8, 4) is 0 Å². The molecule has 112 valence electrons. The molecule has 2 rings (SSSR count). The Hall–Kier alpha value is -1.47. The zero-order valence-electron chi connectivity index (χ0n) is 12.5. The molecule has 1 aromatic heterocycles. The Labute approximate surface area is 118 Å². The van der Waals surface area contributed by atoms with Gasteiger partial charge in [-0.25, -0.2) is 0 Å². The van der Waals surface area contributed by atoms with Gasteiger partial charge in [0.15, 0.2) is 0 Å². The van der Waals surface area contributed by atoms with Crippen molar-refractivity contribution in [1.29, 1.82) is 0 Å². The molecule has 0 unspecified atom stereocenters. The van der Waals surface area contributed by atoms with Crippen LogP contribution in [0.3, 0.4) is 0 Å². The Morgan fingerprint density at radius 1 is 1.45 bits per heavy atom. The van der Waals surface area contributed by atoms with Crippen LogP contribution in [0.2, 0.25) is 0 Å². The smallest absolute Gasteiger partial charge is 0.252 e. The summed E-state index contributed by atoms with van der Waals surface area (Å²) >= 11 is 0. The van der Waals surface area contributed by atoms with Gasteiger partial charge in [-0.1, -0.05) is 13.8 Å².